The molecule has 0 fully saturated rings. The van der Waals surface area contributed by atoms with Crippen LogP contribution in [0.15, 0.2) is 0 Å². The van der Waals surface area contributed by atoms with Gasteiger partial charge in [0, 0.05) is 0 Å². The van der Waals surface area contributed by atoms with Crippen LogP contribution >= 0.6 is 0 Å². The molecule has 0 aliphatic carbocycles. The van der Waals surface area contributed by atoms with E-state index in [0.717, 1.165) is 17.9 Å². The Morgan fingerprint density at radius 3 is 2.30 bits per heavy atom. The van der Waals surface area contributed by atoms with Crippen LogP contribution in [-0.2, 0) is 0 Å². The summed E-state index contributed by atoms with van der Waals surface area (Å²) in [6.07, 6.45) is 1.57. The van der Waals surface area contributed by atoms with Gasteiger partial charge in [0.15, 0.2) is 0 Å². The molecule has 0 radical (unpaired) electrons. The molecule has 3 heteroatoms. The molecule has 0 heterocycles. The Kier molecular flexibility index (Phi) is 6.56. The predicted molar refractivity (Wildman–Crippen MR) is 41.8 cm³/mol. The molecule has 1 unspecified atom stereocenters. The zero-order chi connectivity index (χ0) is 7.98. The summed E-state index contributed by atoms with van der Waals surface area (Å²) in [5.41, 5.74) is 0. The summed E-state index contributed by atoms with van der Waals surface area (Å²) in [5.74, 6) is 0.491. The molecule has 0 aliphatic heterocycles. The van der Waals surface area contributed by atoms with E-state index in [0.29, 0.717) is 12.3 Å². The van der Waals surface area contributed by atoms with E-state index in [4.69, 9.17) is 10.2 Å². The molecular formula is C7H15LiO2. The fourth-order valence-corrected chi connectivity index (χ4v) is 1.20. The zero-order valence-corrected chi connectivity index (χ0v) is 6.88. The van der Waals surface area contributed by atoms with Gasteiger partial charge in [-0.25, -0.2) is 0 Å². The van der Waals surface area contributed by atoms with E-state index in [1.807, 2.05) is 0 Å². The third-order valence-electron chi connectivity index (χ3n) is 1.82. The summed E-state index contributed by atoms with van der Waals surface area (Å²) >= 11 is 2.12. The van der Waals surface area contributed by atoms with Gasteiger partial charge in [-0.05, 0) is 0 Å². The summed E-state index contributed by atoms with van der Waals surface area (Å²) in [5, 5.41) is 18.4. The van der Waals surface area contributed by atoms with Crippen molar-refractivity contribution < 1.29 is 10.2 Å². The van der Waals surface area contributed by atoms with Crippen LogP contribution in [-0.4, -0.2) is 34.2 Å². The van der Waals surface area contributed by atoms with E-state index in [1.165, 1.54) is 0 Å². The Labute approximate surface area is 71.8 Å². The molecule has 0 aromatic rings. The molecule has 56 valence electrons. The number of hydrogen-bond acceptors (Lipinski definition) is 2. The Hall–Kier alpha value is 0.517. The first-order valence-electron chi connectivity index (χ1n) is 4.06. The van der Waals surface area contributed by atoms with E-state index >= 15 is 0 Å². The average molecular weight is 138 g/mol. The zero-order valence-electron chi connectivity index (χ0n) is 6.88. The molecule has 1 atom stereocenters. The number of hydrogen-bond donors (Lipinski definition) is 2. The molecule has 0 spiro atoms. The van der Waals surface area contributed by atoms with Crippen LogP contribution in [0.4, 0.5) is 0 Å². The number of rotatable bonds is 5. The van der Waals surface area contributed by atoms with Crippen molar-refractivity contribution in [2.24, 2.45) is 5.92 Å². The van der Waals surface area contributed by atoms with Crippen molar-refractivity contribution >= 4 is 17.7 Å². The van der Waals surface area contributed by atoms with Crippen molar-refractivity contribution in [3.8, 4) is 0 Å². The number of aliphatic hydroxyl groups is 2. The predicted octanol–water partition coefficient (Wildman–Crippen LogP) is 0.690. The molecule has 2 N–H and O–H groups in total. The molecule has 0 rings (SSSR count). The van der Waals surface area contributed by atoms with Crippen LogP contribution in [0.2, 0.25) is 5.09 Å². The molecule has 0 aromatic carbocycles. The van der Waals surface area contributed by atoms with Crippen LogP contribution in [0.1, 0.15) is 26.2 Å². The first-order valence-corrected chi connectivity index (χ1v) is 4.06. The van der Waals surface area contributed by atoms with Gasteiger partial charge in [0.2, 0.25) is 0 Å². The topological polar surface area (TPSA) is 40.5 Å². The summed E-state index contributed by atoms with van der Waals surface area (Å²) in [6.45, 7) is 2.09. The molecule has 0 amide bonds. The number of aliphatic hydroxyl groups excluding tert-OH is 1. The van der Waals surface area contributed by atoms with Gasteiger partial charge < -0.3 is 0 Å². The monoisotopic (exact) mass is 138 g/mol. The van der Waals surface area contributed by atoms with Crippen LogP contribution < -0.4 is 0 Å². The Morgan fingerprint density at radius 1 is 1.40 bits per heavy atom. The summed E-state index contributed by atoms with van der Waals surface area (Å²) in [7, 11) is 0. The van der Waals surface area contributed by atoms with Crippen molar-refractivity contribution in [3.05, 3.63) is 0 Å². The Morgan fingerprint density at radius 2 is 2.00 bits per heavy atom. The van der Waals surface area contributed by atoms with Crippen molar-refractivity contribution in [1.82, 2.24) is 0 Å². The fraction of sp³-hybridized carbons (Fsp3) is 1.00. The summed E-state index contributed by atoms with van der Waals surface area (Å²) < 4.78 is 0. The summed E-state index contributed by atoms with van der Waals surface area (Å²) in [4.78, 5) is 0. The molecule has 10 heavy (non-hydrogen) atoms. The van der Waals surface area contributed by atoms with E-state index in [2.05, 4.69) is 24.6 Å². The fourth-order valence-electron chi connectivity index (χ4n) is 1.20. The first kappa shape index (κ1) is 10.5. The van der Waals surface area contributed by atoms with Crippen LogP contribution in [0.5, 0.6) is 0 Å². The molecular weight excluding hydrogens is 123 g/mol. The maximum atomic E-state index is 8.64. The normalized spacial score (nSPS) is 14.2. The van der Waals surface area contributed by atoms with Gasteiger partial charge in [-0.3, -0.25) is 0 Å². The van der Waals surface area contributed by atoms with E-state index in [-0.39, 0.29) is 0 Å². The second-order valence-electron chi connectivity index (χ2n) is 2.78. The molecule has 0 saturated heterocycles. The van der Waals surface area contributed by atoms with Gasteiger partial charge >= 0.3 is 71.4 Å². The SMILES string of the molecule is [Li][CH2]CC(CC)CC(O)O. The molecule has 0 saturated carbocycles. The second-order valence-corrected chi connectivity index (χ2v) is 2.78. The van der Waals surface area contributed by atoms with Crippen LogP contribution in [0, 0.1) is 5.92 Å². The van der Waals surface area contributed by atoms with Gasteiger partial charge in [0.25, 0.3) is 0 Å². The minimum atomic E-state index is -1.11. The second kappa shape index (κ2) is 6.24. The van der Waals surface area contributed by atoms with Crippen molar-refractivity contribution in [2.75, 3.05) is 0 Å². The van der Waals surface area contributed by atoms with E-state index in [9.17, 15) is 0 Å². The van der Waals surface area contributed by atoms with Gasteiger partial charge in [-0.1, -0.05) is 0 Å². The first-order chi connectivity index (χ1) is 4.70. The van der Waals surface area contributed by atoms with Gasteiger partial charge in [0.05, 0.1) is 0 Å². The van der Waals surface area contributed by atoms with Crippen molar-refractivity contribution in [2.45, 2.75) is 37.6 Å². The van der Waals surface area contributed by atoms with Gasteiger partial charge in [-0.2, -0.15) is 0 Å². The summed E-state index contributed by atoms with van der Waals surface area (Å²) in [6, 6.07) is 0. The molecule has 2 nitrogen and oxygen atoms in total. The van der Waals surface area contributed by atoms with Gasteiger partial charge in [-0.15, -0.1) is 0 Å². The van der Waals surface area contributed by atoms with Crippen LogP contribution in [0.25, 0.3) is 0 Å². The standard InChI is InChI=1S/C7H15O2.Li/c1-3-6(4-2)5-7(8)9;/h6-9H,1,3-5H2,2H3;. The molecule has 0 aromatic heterocycles. The Balaban J connectivity index is 3.39. The van der Waals surface area contributed by atoms with Gasteiger partial charge in [0.1, 0.15) is 0 Å². The van der Waals surface area contributed by atoms with E-state index in [1.54, 1.807) is 0 Å². The quantitative estimate of drug-likeness (QED) is 0.433. The van der Waals surface area contributed by atoms with E-state index < -0.39 is 6.29 Å². The molecule has 0 aliphatic rings. The molecule has 0 bridgehead atoms. The third-order valence-corrected chi connectivity index (χ3v) is 1.82. The van der Waals surface area contributed by atoms with Crippen molar-refractivity contribution in [1.29, 1.82) is 0 Å². The van der Waals surface area contributed by atoms with Crippen molar-refractivity contribution in [3.63, 3.8) is 0 Å². The van der Waals surface area contributed by atoms with Crippen LogP contribution in [0.3, 0.4) is 0 Å². The third kappa shape index (κ3) is 5.31. The maximum absolute atomic E-state index is 8.64. The average Bonchev–Trinajstić information content (AvgIpc) is 1.86. The Bertz CT molecular complexity index is 76.0. The minimum absolute atomic E-state index is 0.491.